The first-order valence-electron chi connectivity index (χ1n) is 14.3. The molecule has 3 aromatic rings. The van der Waals surface area contributed by atoms with E-state index in [0.717, 1.165) is 34.4 Å². The van der Waals surface area contributed by atoms with Crippen LogP contribution in [-0.2, 0) is 28.5 Å². The molecule has 0 bridgehead atoms. The van der Waals surface area contributed by atoms with E-state index in [1.54, 1.807) is 13.8 Å². The highest BCUT2D eigenvalue weighted by Gasteiger charge is 2.21. The highest BCUT2D eigenvalue weighted by atomic mass is 16.6. The van der Waals surface area contributed by atoms with Gasteiger partial charge in [0.2, 0.25) is 0 Å². The highest BCUT2D eigenvalue weighted by molar-refractivity contribution is 6.11. The molecule has 8 nitrogen and oxygen atoms in total. The summed E-state index contributed by atoms with van der Waals surface area (Å²) in [5, 5.41) is 3.43. The van der Waals surface area contributed by atoms with Crippen LogP contribution in [0.2, 0.25) is 0 Å². The Morgan fingerprint density at radius 3 is 1.23 bits per heavy atom. The average molecular weight is 555 g/mol. The fraction of sp³-hybridized carbons (Fsp3) is 0.500. The Kier molecular flexibility index (Phi) is 13.0. The monoisotopic (exact) mass is 554 g/mol. The lowest BCUT2D eigenvalue weighted by Crippen LogP contribution is -2.30. The van der Waals surface area contributed by atoms with E-state index >= 15 is 0 Å². The fourth-order valence-corrected chi connectivity index (χ4v) is 4.20. The molecule has 0 amide bonds. The summed E-state index contributed by atoms with van der Waals surface area (Å²) in [6.07, 6.45) is 1.22. The summed E-state index contributed by atoms with van der Waals surface area (Å²) in [5.74, 6) is 0.750. The van der Waals surface area contributed by atoms with Gasteiger partial charge < -0.3 is 28.4 Å². The first-order chi connectivity index (χ1) is 19.5. The minimum absolute atomic E-state index is 0.146. The molecule has 0 aliphatic heterocycles. The summed E-state index contributed by atoms with van der Waals surface area (Å²) in [4.78, 5) is 24.1. The Hall–Kier alpha value is -3.36. The maximum atomic E-state index is 12.0. The Morgan fingerprint density at radius 2 is 0.925 bits per heavy atom. The van der Waals surface area contributed by atoms with Gasteiger partial charge in [0.1, 0.15) is 24.7 Å². The summed E-state index contributed by atoms with van der Waals surface area (Å²) < 4.78 is 35.3. The van der Waals surface area contributed by atoms with Crippen molar-refractivity contribution in [2.75, 3.05) is 39.6 Å². The predicted octanol–water partition coefficient (Wildman–Crippen LogP) is 6.25. The second-order valence-electron chi connectivity index (χ2n) is 9.45. The van der Waals surface area contributed by atoms with Crippen LogP contribution < -0.4 is 9.47 Å². The third-order valence-corrected chi connectivity index (χ3v) is 6.14. The molecule has 40 heavy (non-hydrogen) atoms. The van der Waals surface area contributed by atoms with Crippen molar-refractivity contribution < 1.29 is 38.0 Å². The molecular formula is C32H42O8. The van der Waals surface area contributed by atoms with E-state index in [4.69, 9.17) is 28.4 Å². The fourth-order valence-electron chi connectivity index (χ4n) is 4.20. The number of carbonyl (C=O) groups is 2. The van der Waals surface area contributed by atoms with Crippen LogP contribution in [0.5, 0.6) is 11.5 Å². The van der Waals surface area contributed by atoms with E-state index in [-0.39, 0.29) is 51.2 Å². The minimum Gasteiger partial charge on any atom is -0.488 e. The molecule has 0 heterocycles. The Bertz CT molecular complexity index is 1070. The molecule has 0 fully saturated rings. The van der Waals surface area contributed by atoms with Crippen molar-refractivity contribution >= 4 is 33.5 Å². The lowest BCUT2D eigenvalue weighted by atomic mass is 10.0. The largest absolute Gasteiger partial charge is 0.488 e. The molecule has 0 saturated carbocycles. The van der Waals surface area contributed by atoms with Crippen LogP contribution in [-0.4, -0.2) is 63.8 Å². The third kappa shape index (κ3) is 8.83. The van der Waals surface area contributed by atoms with E-state index in [1.807, 2.05) is 62.4 Å². The van der Waals surface area contributed by atoms with Gasteiger partial charge in [-0.15, -0.1) is 0 Å². The van der Waals surface area contributed by atoms with E-state index in [0.29, 0.717) is 24.7 Å². The lowest BCUT2D eigenvalue weighted by Gasteiger charge is -2.23. The number of ether oxygens (including phenoxy) is 6. The molecule has 0 radical (unpaired) electrons. The molecule has 0 N–H and O–H groups in total. The average Bonchev–Trinajstić information content (AvgIpc) is 2.98. The van der Waals surface area contributed by atoms with Gasteiger partial charge in [0.05, 0.1) is 13.2 Å². The van der Waals surface area contributed by atoms with Gasteiger partial charge in [-0.3, -0.25) is 9.59 Å². The zero-order valence-corrected chi connectivity index (χ0v) is 24.1. The van der Waals surface area contributed by atoms with Crippen molar-refractivity contribution in [3.05, 3.63) is 48.5 Å². The van der Waals surface area contributed by atoms with Gasteiger partial charge in [0.25, 0.3) is 0 Å². The maximum Gasteiger partial charge on any atom is 0.305 e. The van der Waals surface area contributed by atoms with Gasteiger partial charge >= 0.3 is 11.9 Å². The zero-order chi connectivity index (χ0) is 28.7. The van der Waals surface area contributed by atoms with Crippen molar-refractivity contribution in [3.8, 4) is 11.5 Å². The molecule has 2 unspecified atom stereocenters. The highest BCUT2D eigenvalue weighted by Crippen LogP contribution is 2.42. The van der Waals surface area contributed by atoms with E-state index in [1.165, 1.54) is 0 Å². The van der Waals surface area contributed by atoms with E-state index < -0.39 is 12.2 Å². The van der Waals surface area contributed by atoms with Gasteiger partial charge in [-0.1, -0.05) is 76.2 Å². The molecule has 218 valence electrons. The number of hydrogen-bond acceptors (Lipinski definition) is 8. The van der Waals surface area contributed by atoms with Crippen LogP contribution in [0.4, 0.5) is 0 Å². The summed E-state index contributed by atoms with van der Waals surface area (Å²) in [5.41, 5.74) is 0. The van der Waals surface area contributed by atoms with Gasteiger partial charge in [-0.2, -0.15) is 0 Å². The number of hydrogen-bond donors (Lipinski definition) is 0. The lowest BCUT2D eigenvalue weighted by molar-refractivity contribution is -0.154. The quantitative estimate of drug-likeness (QED) is 0.104. The Morgan fingerprint density at radius 1 is 0.575 bits per heavy atom. The van der Waals surface area contributed by atoms with Crippen LogP contribution in [0.1, 0.15) is 53.4 Å². The predicted molar refractivity (Wildman–Crippen MR) is 155 cm³/mol. The summed E-state index contributed by atoms with van der Waals surface area (Å²) in [6.45, 7) is 9.54. The SMILES string of the molecule is CCCOCC(COc1c2ccccc2c(OCC(COCCC)OC(=O)CC)c2ccccc12)OC(=O)CC. The van der Waals surface area contributed by atoms with Crippen LogP contribution >= 0.6 is 0 Å². The smallest absolute Gasteiger partial charge is 0.305 e. The van der Waals surface area contributed by atoms with E-state index in [2.05, 4.69) is 0 Å². The number of esters is 2. The molecule has 0 aromatic heterocycles. The summed E-state index contributed by atoms with van der Waals surface area (Å²) in [7, 11) is 0. The van der Waals surface area contributed by atoms with Gasteiger partial charge in [0, 0.05) is 47.6 Å². The molecule has 0 aliphatic carbocycles. The Labute approximate surface area is 236 Å². The molecule has 3 aromatic carbocycles. The topological polar surface area (TPSA) is 89.5 Å². The molecule has 0 spiro atoms. The second kappa shape index (κ2) is 16.7. The normalized spacial score (nSPS) is 12.7. The third-order valence-electron chi connectivity index (χ3n) is 6.14. The number of benzene rings is 3. The maximum absolute atomic E-state index is 12.0. The van der Waals surface area contributed by atoms with Crippen LogP contribution in [0.3, 0.4) is 0 Å². The van der Waals surface area contributed by atoms with Crippen LogP contribution in [0.25, 0.3) is 21.5 Å². The first kappa shape index (κ1) is 31.2. The zero-order valence-electron chi connectivity index (χ0n) is 24.1. The van der Waals surface area contributed by atoms with Gasteiger partial charge in [-0.05, 0) is 12.8 Å². The minimum atomic E-state index is -0.537. The number of fused-ring (bicyclic) bond motifs is 2. The van der Waals surface area contributed by atoms with E-state index in [9.17, 15) is 9.59 Å². The molecule has 3 rings (SSSR count). The number of carbonyl (C=O) groups excluding carboxylic acids is 2. The molecular weight excluding hydrogens is 512 g/mol. The summed E-state index contributed by atoms with van der Waals surface area (Å²) >= 11 is 0. The second-order valence-corrected chi connectivity index (χ2v) is 9.45. The van der Waals surface area contributed by atoms with Crippen molar-refractivity contribution in [2.45, 2.75) is 65.6 Å². The molecule has 2 atom stereocenters. The van der Waals surface area contributed by atoms with Crippen molar-refractivity contribution in [1.29, 1.82) is 0 Å². The van der Waals surface area contributed by atoms with Gasteiger partial charge in [-0.25, -0.2) is 0 Å². The van der Waals surface area contributed by atoms with Crippen molar-refractivity contribution in [1.82, 2.24) is 0 Å². The summed E-state index contributed by atoms with van der Waals surface area (Å²) in [6, 6.07) is 15.7. The first-order valence-corrected chi connectivity index (χ1v) is 14.3. The number of rotatable bonds is 18. The van der Waals surface area contributed by atoms with Crippen LogP contribution in [0.15, 0.2) is 48.5 Å². The Balaban J connectivity index is 1.93. The van der Waals surface area contributed by atoms with Gasteiger partial charge in [0.15, 0.2) is 12.2 Å². The van der Waals surface area contributed by atoms with Crippen molar-refractivity contribution in [2.24, 2.45) is 0 Å². The standard InChI is InChI=1S/C32H42O8/c1-5-17-35-19-23(39-29(33)7-3)21-37-31-25-13-9-11-15-27(25)32(28-16-12-10-14-26(28)31)38-22-24(20-36-18-6-2)40-30(34)8-4/h9-16,23-24H,5-8,17-22H2,1-4H3. The molecule has 8 heteroatoms. The van der Waals surface area contributed by atoms with Crippen LogP contribution in [0, 0.1) is 0 Å². The molecule has 0 saturated heterocycles. The van der Waals surface area contributed by atoms with Crippen molar-refractivity contribution in [3.63, 3.8) is 0 Å². The molecule has 0 aliphatic rings.